The third kappa shape index (κ3) is 4.67. The van der Waals surface area contributed by atoms with Gasteiger partial charge in [0.1, 0.15) is 0 Å². The third-order valence-corrected chi connectivity index (χ3v) is 3.66. The molecule has 0 aliphatic rings. The SMILES string of the molecule is CCCNC(Cc1ccncc1)Cc1cc(C)nn1CC. The largest absolute Gasteiger partial charge is 0.313 e. The average Bonchev–Trinajstić information content (AvgIpc) is 2.85. The van der Waals surface area contributed by atoms with Crippen LogP contribution in [0.5, 0.6) is 0 Å². The minimum atomic E-state index is 0.439. The van der Waals surface area contributed by atoms with E-state index in [4.69, 9.17) is 0 Å². The van der Waals surface area contributed by atoms with E-state index in [-0.39, 0.29) is 0 Å². The summed E-state index contributed by atoms with van der Waals surface area (Å²) in [5, 5.41) is 8.21. The summed E-state index contributed by atoms with van der Waals surface area (Å²) in [4.78, 5) is 4.10. The van der Waals surface area contributed by atoms with Gasteiger partial charge in [-0.15, -0.1) is 0 Å². The van der Waals surface area contributed by atoms with Crippen molar-refractivity contribution in [1.29, 1.82) is 0 Å². The van der Waals surface area contributed by atoms with Crippen molar-refractivity contribution < 1.29 is 0 Å². The Labute approximate surface area is 127 Å². The van der Waals surface area contributed by atoms with E-state index in [1.165, 1.54) is 11.3 Å². The summed E-state index contributed by atoms with van der Waals surface area (Å²) < 4.78 is 2.11. The molecule has 2 heterocycles. The third-order valence-electron chi connectivity index (χ3n) is 3.66. The molecule has 0 aromatic carbocycles. The molecule has 21 heavy (non-hydrogen) atoms. The lowest BCUT2D eigenvalue weighted by atomic mass is 10.0. The van der Waals surface area contributed by atoms with Gasteiger partial charge in [0.25, 0.3) is 0 Å². The molecule has 0 aliphatic heterocycles. The number of aryl methyl sites for hydroxylation is 2. The van der Waals surface area contributed by atoms with Gasteiger partial charge in [0.05, 0.1) is 5.69 Å². The molecular formula is C17H26N4. The first kappa shape index (κ1) is 15.7. The molecule has 2 aromatic heterocycles. The van der Waals surface area contributed by atoms with E-state index in [0.29, 0.717) is 6.04 Å². The molecule has 0 saturated carbocycles. The second kappa shape index (κ2) is 7.93. The van der Waals surface area contributed by atoms with Gasteiger partial charge in [-0.05, 0) is 57.0 Å². The highest BCUT2D eigenvalue weighted by Gasteiger charge is 2.13. The Kier molecular flexibility index (Phi) is 5.93. The fraction of sp³-hybridized carbons (Fsp3) is 0.529. The highest BCUT2D eigenvalue weighted by molar-refractivity contribution is 5.15. The summed E-state index contributed by atoms with van der Waals surface area (Å²) in [6.07, 6.45) is 6.92. The van der Waals surface area contributed by atoms with Crippen molar-refractivity contribution in [3.8, 4) is 0 Å². The normalized spacial score (nSPS) is 12.5. The molecular weight excluding hydrogens is 260 g/mol. The van der Waals surface area contributed by atoms with Crippen LogP contribution in [0.25, 0.3) is 0 Å². The highest BCUT2D eigenvalue weighted by atomic mass is 15.3. The average molecular weight is 286 g/mol. The van der Waals surface area contributed by atoms with Gasteiger partial charge in [-0.3, -0.25) is 9.67 Å². The van der Waals surface area contributed by atoms with Crippen molar-refractivity contribution in [2.24, 2.45) is 0 Å². The molecule has 1 atom stereocenters. The fourth-order valence-corrected chi connectivity index (χ4v) is 2.66. The van der Waals surface area contributed by atoms with Crippen LogP contribution in [-0.2, 0) is 19.4 Å². The molecule has 0 radical (unpaired) electrons. The van der Waals surface area contributed by atoms with Crippen LogP contribution in [0.2, 0.25) is 0 Å². The van der Waals surface area contributed by atoms with Crippen molar-refractivity contribution in [2.75, 3.05) is 6.54 Å². The lowest BCUT2D eigenvalue weighted by Crippen LogP contribution is -2.34. The van der Waals surface area contributed by atoms with Gasteiger partial charge in [-0.2, -0.15) is 5.10 Å². The first-order chi connectivity index (χ1) is 10.2. The summed E-state index contributed by atoms with van der Waals surface area (Å²) in [5.74, 6) is 0. The highest BCUT2D eigenvalue weighted by Crippen LogP contribution is 2.11. The van der Waals surface area contributed by atoms with Crippen LogP contribution < -0.4 is 5.32 Å². The second-order valence-electron chi connectivity index (χ2n) is 5.51. The maximum atomic E-state index is 4.55. The molecule has 2 aromatic rings. The van der Waals surface area contributed by atoms with Crippen LogP contribution in [0.3, 0.4) is 0 Å². The zero-order valence-electron chi connectivity index (χ0n) is 13.3. The number of hydrogen-bond acceptors (Lipinski definition) is 3. The molecule has 2 rings (SSSR count). The number of pyridine rings is 1. The molecule has 0 saturated heterocycles. The van der Waals surface area contributed by atoms with Gasteiger partial charge >= 0.3 is 0 Å². The predicted molar refractivity (Wildman–Crippen MR) is 86.4 cm³/mol. The minimum Gasteiger partial charge on any atom is -0.313 e. The van der Waals surface area contributed by atoms with Gasteiger partial charge in [0.2, 0.25) is 0 Å². The summed E-state index contributed by atoms with van der Waals surface area (Å²) in [6.45, 7) is 8.39. The molecule has 0 bridgehead atoms. The number of hydrogen-bond donors (Lipinski definition) is 1. The molecule has 0 fully saturated rings. The quantitative estimate of drug-likeness (QED) is 0.811. The van der Waals surface area contributed by atoms with Gasteiger partial charge < -0.3 is 5.32 Å². The molecule has 0 amide bonds. The summed E-state index contributed by atoms with van der Waals surface area (Å²) >= 11 is 0. The Morgan fingerprint density at radius 2 is 1.95 bits per heavy atom. The van der Waals surface area contributed by atoms with Gasteiger partial charge in [0, 0.05) is 37.1 Å². The van der Waals surface area contributed by atoms with Crippen molar-refractivity contribution in [1.82, 2.24) is 20.1 Å². The second-order valence-corrected chi connectivity index (χ2v) is 5.51. The maximum Gasteiger partial charge on any atom is 0.0596 e. The van der Waals surface area contributed by atoms with Crippen LogP contribution >= 0.6 is 0 Å². The topological polar surface area (TPSA) is 42.7 Å². The van der Waals surface area contributed by atoms with Crippen LogP contribution in [0.4, 0.5) is 0 Å². The van der Waals surface area contributed by atoms with E-state index < -0.39 is 0 Å². The van der Waals surface area contributed by atoms with E-state index in [9.17, 15) is 0 Å². The van der Waals surface area contributed by atoms with E-state index in [1.807, 2.05) is 12.4 Å². The summed E-state index contributed by atoms with van der Waals surface area (Å²) in [5.41, 5.74) is 3.75. The zero-order valence-corrected chi connectivity index (χ0v) is 13.3. The van der Waals surface area contributed by atoms with Crippen LogP contribution in [0.1, 0.15) is 37.2 Å². The maximum absolute atomic E-state index is 4.55. The zero-order chi connectivity index (χ0) is 15.1. The number of nitrogens with one attached hydrogen (secondary N) is 1. The number of rotatable bonds is 8. The Morgan fingerprint density at radius 3 is 2.62 bits per heavy atom. The first-order valence-corrected chi connectivity index (χ1v) is 7.88. The van der Waals surface area contributed by atoms with Crippen LogP contribution in [0, 0.1) is 6.92 Å². The minimum absolute atomic E-state index is 0.439. The van der Waals surface area contributed by atoms with E-state index in [0.717, 1.165) is 38.0 Å². The predicted octanol–water partition coefficient (Wildman–Crippen LogP) is 2.76. The van der Waals surface area contributed by atoms with Crippen LogP contribution in [-0.4, -0.2) is 27.4 Å². The van der Waals surface area contributed by atoms with Crippen molar-refractivity contribution >= 4 is 0 Å². The Morgan fingerprint density at radius 1 is 1.19 bits per heavy atom. The Bertz CT molecular complexity index is 533. The van der Waals surface area contributed by atoms with Gasteiger partial charge in [-0.1, -0.05) is 6.92 Å². The standard InChI is InChI=1S/C17H26N4/c1-4-8-19-16(12-15-6-9-18-10-7-15)13-17-11-14(3)20-21(17)5-2/h6-7,9-11,16,19H,4-5,8,12-13H2,1-3H3. The molecule has 4 nitrogen and oxygen atoms in total. The smallest absolute Gasteiger partial charge is 0.0596 e. The Balaban J connectivity index is 2.08. The lowest BCUT2D eigenvalue weighted by molar-refractivity contribution is 0.483. The Hall–Kier alpha value is -1.68. The van der Waals surface area contributed by atoms with E-state index >= 15 is 0 Å². The monoisotopic (exact) mass is 286 g/mol. The van der Waals surface area contributed by atoms with Crippen molar-refractivity contribution in [3.05, 3.63) is 47.5 Å². The fourth-order valence-electron chi connectivity index (χ4n) is 2.66. The number of aromatic nitrogens is 3. The van der Waals surface area contributed by atoms with Crippen molar-refractivity contribution in [2.45, 2.75) is 52.6 Å². The van der Waals surface area contributed by atoms with E-state index in [1.54, 1.807) is 0 Å². The van der Waals surface area contributed by atoms with Gasteiger partial charge in [-0.25, -0.2) is 0 Å². The first-order valence-electron chi connectivity index (χ1n) is 7.88. The molecule has 1 unspecified atom stereocenters. The van der Waals surface area contributed by atoms with Crippen molar-refractivity contribution in [3.63, 3.8) is 0 Å². The molecule has 1 N–H and O–H groups in total. The molecule has 0 aliphatic carbocycles. The van der Waals surface area contributed by atoms with Crippen LogP contribution in [0.15, 0.2) is 30.6 Å². The number of nitrogens with zero attached hydrogens (tertiary/aromatic N) is 3. The lowest BCUT2D eigenvalue weighted by Gasteiger charge is -2.19. The summed E-state index contributed by atoms with van der Waals surface area (Å²) in [7, 11) is 0. The summed E-state index contributed by atoms with van der Waals surface area (Å²) in [6, 6.07) is 6.84. The molecule has 114 valence electrons. The van der Waals surface area contributed by atoms with E-state index in [2.05, 4.69) is 59.1 Å². The molecule has 4 heteroatoms. The molecule has 0 spiro atoms. The van der Waals surface area contributed by atoms with Gasteiger partial charge in [0.15, 0.2) is 0 Å².